The molecule has 1 aliphatic heterocycles. The fraction of sp³-hybridized carbons (Fsp3) is 0.474. The van der Waals surface area contributed by atoms with Crippen LogP contribution in [0, 0.1) is 5.92 Å². The zero-order valence-corrected chi connectivity index (χ0v) is 15.1. The molecule has 0 aliphatic carbocycles. The SMILES string of the molecule is CCCC(CCC)C(=O)Nc1ccc2c(c1)C(=O)N(CCC(=O)O)C2=O. The van der Waals surface area contributed by atoms with Gasteiger partial charge in [-0.3, -0.25) is 24.1 Å². The van der Waals surface area contributed by atoms with Gasteiger partial charge in [0.05, 0.1) is 17.5 Å². The molecule has 0 aromatic heterocycles. The average molecular weight is 360 g/mol. The van der Waals surface area contributed by atoms with Crippen molar-refractivity contribution in [3.63, 3.8) is 0 Å². The summed E-state index contributed by atoms with van der Waals surface area (Å²) < 4.78 is 0. The number of imide groups is 1. The van der Waals surface area contributed by atoms with Crippen LogP contribution in [0.3, 0.4) is 0 Å². The molecular formula is C19H24N2O5. The van der Waals surface area contributed by atoms with E-state index in [2.05, 4.69) is 5.32 Å². The minimum Gasteiger partial charge on any atom is -0.481 e. The molecule has 7 heteroatoms. The number of aliphatic carboxylic acids is 1. The maximum atomic E-state index is 12.4. The summed E-state index contributed by atoms with van der Waals surface area (Å²) >= 11 is 0. The van der Waals surface area contributed by atoms with E-state index in [0.29, 0.717) is 5.69 Å². The van der Waals surface area contributed by atoms with Gasteiger partial charge < -0.3 is 10.4 Å². The Bertz CT molecular complexity index is 723. The summed E-state index contributed by atoms with van der Waals surface area (Å²) in [6.45, 7) is 3.89. The zero-order valence-electron chi connectivity index (χ0n) is 15.1. The molecule has 0 saturated heterocycles. The van der Waals surface area contributed by atoms with Crippen molar-refractivity contribution in [2.45, 2.75) is 46.0 Å². The molecule has 7 nitrogen and oxygen atoms in total. The predicted octanol–water partition coefficient (Wildman–Crippen LogP) is 2.91. The summed E-state index contributed by atoms with van der Waals surface area (Å²) in [5, 5.41) is 11.6. The largest absolute Gasteiger partial charge is 0.481 e. The van der Waals surface area contributed by atoms with Crippen LogP contribution in [0.1, 0.15) is 66.7 Å². The van der Waals surface area contributed by atoms with E-state index in [1.807, 2.05) is 13.8 Å². The van der Waals surface area contributed by atoms with Crippen LogP contribution in [0.4, 0.5) is 5.69 Å². The minimum absolute atomic E-state index is 0.0809. The first-order chi connectivity index (χ1) is 12.4. The third-order valence-electron chi connectivity index (χ3n) is 4.43. The Kier molecular flexibility index (Phi) is 6.49. The first-order valence-corrected chi connectivity index (χ1v) is 8.91. The molecule has 0 fully saturated rings. The number of benzene rings is 1. The van der Waals surface area contributed by atoms with E-state index in [-0.39, 0.29) is 35.9 Å². The fourth-order valence-electron chi connectivity index (χ4n) is 3.13. The highest BCUT2D eigenvalue weighted by Gasteiger charge is 2.35. The number of carboxylic acids is 1. The Morgan fingerprint density at radius 1 is 1.08 bits per heavy atom. The van der Waals surface area contributed by atoms with Crippen LogP contribution in [-0.4, -0.2) is 40.2 Å². The number of hydrogen-bond acceptors (Lipinski definition) is 4. The van der Waals surface area contributed by atoms with Gasteiger partial charge >= 0.3 is 5.97 Å². The van der Waals surface area contributed by atoms with E-state index < -0.39 is 17.8 Å². The molecule has 0 bridgehead atoms. The van der Waals surface area contributed by atoms with Gasteiger partial charge in [0.1, 0.15) is 0 Å². The summed E-state index contributed by atoms with van der Waals surface area (Å²) in [5.41, 5.74) is 0.893. The van der Waals surface area contributed by atoms with Gasteiger partial charge in [-0.05, 0) is 31.0 Å². The molecular weight excluding hydrogens is 336 g/mol. The van der Waals surface area contributed by atoms with Crippen molar-refractivity contribution in [2.75, 3.05) is 11.9 Å². The molecule has 26 heavy (non-hydrogen) atoms. The standard InChI is InChI=1S/C19H24N2O5/c1-3-5-12(6-4-2)17(24)20-13-7-8-14-15(11-13)19(26)21(18(14)25)10-9-16(22)23/h7-8,11-12H,3-6,9-10H2,1-2H3,(H,20,24)(H,22,23). The van der Waals surface area contributed by atoms with Gasteiger partial charge in [0.25, 0.3) is 11.8 Å². The van der Waals surface area contributed by atoms with Crippen molar-refractivity contribution in [1.29, 1.82) is 0 Å². The molecule has 1 aromatic rings. The molecule has 2 N–H and O–H groups in total. The number of rotatable bonds is 9. The summed E-state index contributed by atoms with van der Waals surface area (Å²) in [6, 6.07) is 4.58. The molecule has 0 saturated carbocycles. The highest BCUT2D eigenvalue weighted by atomic mass is 16.4. The third kappa shape index (κ3) is 4.28. The van der Waals surface area contributed by atoms with Gasteiger partial charge in [-0.15, -0.1) is 0 Å². The van der Waals surface area contributed by atoms with E-state index in [1.165, 1.54) is 12.1 Å². The average Bonchev–Trinajstić information content (AvgIpc) is 2.83. The Labute approximate surface area is 152 Å². The quantitative estimate of drug-likeness (QED) is 0.659. The number of hydrogen-bond donors (Lipinski definition) is 2. The van der Waals surface area contributed by atoms with Crippen molar-refractivity contribution in [3.05, 3.63) is 29.3 Å². The summed E-state index contributed by atoms with van der Waals surface area (Å²) in [5.74, 6) is -2.27. The Hall–Kier alpha value is -2.70. The normalized spacial score (nSPS) is 13.3. The fourth-order valence-corrected chi connectivity index (χ4v) is 3.13. The minimum atomic E-state index is -1.08. The molecule has 0 spiro atoms. The van der Waals surface area contributed by atoms with Gasteiger partial charge in [0, 0.05) is 18.2 Å². The maximum absolute atomic E-state index is 12.4. The summed E-state index contributed by atoms with van der Waals surface area (Å²) in [6.07, 6.45) is 3.11. The lowest BCUT2D eigenvalue weighted by Gasteiger charge is -2.15. The highest BCUT2D eigenvalue weighted by molar-refractivity contribution is 6.22. The van der Waals surface area contributed by atoms with E-state index in [1.54, 1.807) is 6.07 Å². The molecule has 3 amide bonds. The monoisotopic (exact) mass is 360 g/mol. The highest BCUT2D eigenvalue weighted by Crippen LogP contribution is 2.26. The van der Waals surface area contributed by atoms with Gasteiger partial charge in [-0.2, -0.15) is 0 Å². The van der Waals surface area contributed by atoms with Gasteiger partial charge in [0.2, 0.25) is 5.91 Å². The van der Waals surface area contributed by atoms with Crippen LogP contribution >= 0.6 is 0 Å². The Balaban J connectivity index is 2.15. The molecule has 1 aliphatic rings. The number of carbonyl (C=O) groups is 4. The van der Waals surface area contributed by atoms with Crippen LogP contribution in [0.25, 0.3) is 0 Å². The molecule has 0 radical (unpaired) electrons. The van der Waals surface area contributed by atoms with Gasteiger partial charge in [-0.25, -0.2) is 0 Å². The van der Waals surface area contributed by atoms with Crippen molar-refractivity contribution in [2.24, 2.45) is 5.92 Å². The molecule has 0 atom stereocenters. The van der Waals surface area contributed by atoms with Crippen LogP contribution in [0.2, 0.25) is 0 Å². The Morgan fingerprint density at radius 2 is 1.69 bits per heavy atom. The molecule has 140 valence electrons. The van der Waals surface area contributed by atoms with E-state index in [4.69, 9.17) is 5.11 Å². The second-order valence-electron chi connectivity index (χ2n) is 6.43. The number of anilines is 1. The predicted molar refractivity (Wildman–Crippen MR) is 96.0 cm³/mol. The van der Waals surface area contributed by atoms with Crippen molar-refractivity contribution >= 4 is 29.4 Å². The number of carboxylic acid groups (broad SMARTS) is 1. The topological polar surface area (TPSA) is 104 Å². The lowest BCUT2D eigenvalue weighted by molar-refractivity contribution is -0.137. The van der Waals surface area contributed by atoms with Gasteiger partial charge in [0.15, 0.2) is 0 Å². The van der Waals surface area contributed by atoms with Crippen molar-refractivity contribution in [3.8, 4) is 0 Å². The van der Waals surface area contributed by atoms with Crippen LogP contribution in [0.15, 0.2) is 18.2 Å². The first-order valence-electron chi connectivity index (χ1n) is 8.91. The van der Waals surface area contributed by atoms with Crippen molar-refractivity contribution in [1.82, 2.24) is 4.90 Å². The summed E-state index contributed by atoms with van der Waals surface area (Å²) in [7, 11) is 0. The van der Waals surface area contributed by atoms with E-state index in [9.17, 15) is 19.2 Å². The second-order valence-corrected chi connectivity index (χ2v) is 6.43. The van der Waals surface area contributed by atoms with Crippen LogP contribution in [-0.2, 0) is 9.59 Å². The zero-order chi connectivity index (χ0) is 19.3. The molecule has 2 rings (SSSR count). The maximum Gasteiger partial charge on any atom is 0.305 e. The van der Waals surface area contributed by atoms with Crippen molar-refractivity contribution < 1.29 is 24.3 Å². The van der Waals surface area contributed by atoms with E-state index in [0.717, 1.165) is 30.6 Å². The number of nitrogens with one attached hydrogen (secondary N) is 1. The van der Waals surface area contributed by atoms with Gasteiger partial charge in [-0.1, -0.05) is 26.7 Å². The van der Waals surface area contributed by atoms with Crippen LogP contribution in [0.5, 0.6) is 0 Å². The number of nitrogens with zero attached hydrogens (tertiary/aromatic N) is 1. The second kappa shape index (κ2) is 8.60. The third-order valence-corrected chi connectivity index (χ3v) is 4.43. The number of amides is 3. The van der Waals surface area contributed by atoms with Crippen LogP contribution < -0.4 is 5.32 Å². The molecule has 0 unspecified atom stereocenters. The summed E-state index contributed by atoms with van der Waals surface area (Å²) in [4.78, 5) is 48.7. The lowest BCUT2D eigenvalue weighted by atomic mass is 9.97. The van der Waals surface area contributed by atoms with E-state index >= 15 is 0 Å². The molecule has 1 aromatic carbocycles. The molecule has 1 heterocycles. The number of carbonyl (C=O) groups excluding carboxylic acids is 3. The first kappa shape index (κ1) is 19.6. The lowest BCUT2D eigenvalue weighted by Crippen LogP contribution is -2.31. The Morgan fingerprint density at radius 3 is 2.27 bits per heavy atom. The number of fused-ring (bicyclic) bond motifs is 1. The smallest absolute Gasteiger partial charge is 0.305 e.